The first-order chi connectivity index (χ1) is 18.2. The summed E-state index contributed by atoms with van der Waals surface area (Å²) in [6.45, 7) is 6.18. The van der Waals surface area contributed by atoms with Crippen LogP contribution in [0.15, 0.2) is 52.1 Å². The van der Waals surface area contributed by atoms with Crippen molar-refractivity contribution in [1.29, 1.82) is 0 Å². The Kier molecular flexibility index (Phi) is 8.09. The third-order valence-corrected chi connectivity index (χ3v) is 6.52. The lowest BCUT2D eigenvalue weighted by molar-refractivity contribution is -0.149. The van der Waals surface area contributed by atoms with Crippen LogP contribution in [0.3, 0.4) is 0 Å². The Hall–Kier alpha value is -4.21. The average Bonchev–Trinajstić information content (AvgIpc) is 2.90. The minimum Gasteiger partial charge on any atom is -0.497 e. The predicted molar refractivity (Wildman–Crippen MR) is 141 cm³/mol. The number of amides is 1. The van der Waals surface area contributed by atoms with E-state index in [0.29, 0.717) is 36.4 Å². The van der Waals surface area contributed by atoms with Crippen LogP contribution in [0, 0.1) is 19.8 Å². The van der Waals surface area contributed by atoms with E-state index in [1.165, 1.54) is 12.0 Å². The van der Waals surface area contributed by atoms with E-state index in [1.807, 2.05) is 19.9 Å². The molecule has 200 valence electrons. The zero-order chi connectivity index (χ0) is 27.4. The quantitative estimate of drug-likeness (QED) is 0.440. The molecule has 0 unspecified atom stereocenters. The number of hydrogen-bond donors (Lipinski definition) is 0. The van der Waals surface area contributed by atoms with Gasteiger partial charge in [-0.05, 0) is 74.6 Å². The van der Waals surface area contributed by atoms with Crippen molar-refractivity contribution in [2.45, 2.75) is 40.2 Å². The molecule has 0 N–H and O–H groups in total. The van der Waals surface area contributed by atoms with Gasteiger partial charge in [0.25, 0.3) is 11.5 Å². The summed E-state index contributed by atoms with van der Waals surface area (Å²) in [6, 6.07) is 12.5. The Morgan fingerprint density at radius 1 is 1.08 bits per heavy atom. The van der Waals surface area contributed by atoms with Crippen molar-refractivity contribution in [3.05, 3.63) is 85.7 Å². The minimum absolute atomic E-state index is 0.0755. The molecule has 1 amide bonds. The van der Waals surface area contributed by atoms with Crippen molar-refractivity contribution < 1.29 is 19.1 Å². The van der Waals surface area contributed by atoms with Crippen molar-refractivity contribution in [3.63, 3.8) is 0 Å². The summed E-state index contributed by atoms with van der Waals surface area (Å²) in [7, 11) is 1.53. The van der Waals surface area contributed by atoms with Crippen molar-refractivity contribution in [1.82, 2.24) is 19.2 Å². The fourth-order valence-electron chi connectivity index (χ4n) is 4.75. The Morgan fingerprint density at radius 2 is 1.82 bits per heavy atom. The molecule has 1 saturated heterocycles. The van der Waals surface area contributed by atoms with E-state index in [1.54, 1.807) is 43.3 Å². The molecule has 0 saturated carbocycles. The van der Waals surface area contributed by atoms with Gasteiger partial charge in [0.1, 0.15) is 5.75 Å². The summed E-state index contributed by atoms with van der Waals surface area (Å²) < 4.78 is 12.5. The van der Waals surface area contributed by atoms with Gasteiger partial charge in [0.05, 0.1) is 31.9 Å². The maximum absolute atomic E-state index is 13.6. The van der Waals surface area contributed by atoms with Crippen LogP contribution in [-0.4, -0.2) is 57.9 Å². The van der Waals surface area contributed by atoms with Gasteiger partial charge in [0, 0.05) is 13.1 Å². The zero-order valence-corrected chi connectivity index (χ0v) is 22.1. The summed E-state index contributed by atoms with van der Waals surface area (Å²) in [5.41, 5.74) is 1.07. The fraction of sp³-hybridized carbons (Fsp3) is 0.393. The molecule has 4 rings (SSSR count). The second kappa shape index (κ2) is 11.5. The number of ether oxygens (including phenoxy) is 2. The van der Waals surface area contributed by atoms with Crippen molar-refractivity contribution in [2.75, 3.05) is 26.8 Å². The number of nitrogens with zero attached hydrogens (tertiary/aromatic N) is 4. The van der Waals surface area contributed by atoms with Gasteiger partial charge in [-0.3, -0.25) is 19.0 Å². The number of piperidine rings is 1. The molecule has 10 nitrogen and oxygen atoms in total. The van der Waals surface area contributed by atoms with Gasteiger partial charge < -0.3 is 14.4 Å². The summed E-state index contributed by atoms with van der Waals surface area (Å²) in [5.74, 6) is -0.888. The lowest BCUT2D eigenvalue weighted by atomic mass is 9.98. The minimum atomic E-state index is -0.790. The van der Waals surface area contributed by atoms with Crippen LogP contribution in [0.5, 0.6) is 5.75 Å². The van der Waals surface area contributed by atoms with Gasteiger partial charge in [0.15, 0.2) is 0 Å². The van der Waals surface area contributed by atoms with E-state index in [4.69, 9.17) is 9.47 Å². The maximum Gasteiger partial charge on any atom is 0.352 e. The van der Waals surface area contributed by atoms with Gasteiger partial charge >= 0.3 is 11.7 Å². The second-order valence-electron chi connectivity index (χ2n) is 9.47. The number of hydrogen-bond acceptors (Lipinski definition) is 7. The second-order valence-corrected chi connectivity index (χ2v) is 9.47. The van der Waals surface area contributed by atoms with Crippen LogP contribution >= 0.6 is 0 Å². The number of aryl methyl sites for hydroxylation is 2. The number of rotatable bonds is 7. The van der Waals surface area contributed by atoms with E-state index in [9.17, 15) is 19.2 Å². The maximum atomic E-state index is 13.6. The standard InChI is InChI=1S/C28H32N4O6/c1-5-38-27(35)21-9-7-11-30(17-21)25(33)24-26(34)31(16-20-8-6-10-23(15-20)37-4)28(36)32(29-24)22-13-18(2)12-19(3)14-22/h6,8,10,12-15,21H,5,7,9,11,16-17H2,1-4H3/t21-/m1/s1. The van der Waals surface area contributed by atoms with Crippen molar-refractivity contribution in [2.24, 2.45) is 5.92 Å². The van der Waals surface area contributed by atoms with Crippen LogP contribution in [0.1, 0.15) is 46.9 Å². The SMILES string of the molecule is CCOC(=O)[C@@H]1CCCN(C(=O)c2nn(-c3cc(C)cc(C)c3)c(=O)n(Cc3cccc(OC)c3)c2=O)C1. The lowest BCUT2D eigenvalue weighted by Crippen LogP contribution is -2.49. The van der Waals surface area contributed by atoms with E-state index in [0.717, 1.165) is 20.4 Å². The molecule has 2 heterocycles. The lowest BCUT2D eigenvalue weighted by Gasteiger charge is -2.31. The number of esters is 1. The molecule has 0 aliphatic carbocycles. The Morgan fingerprint density at radius 3 is 2.50 bits per heavy atom. The van der Waals surface area contributed by atoms with Gasteiger partial charge in [-0.25, -0.2) is 4.79 Å². The molecular weight excluding hydrogens is 488 g/mol. The van der Waals surface area contributed by atoms with Crippen LogP contribution < -0.4 is 16.0 Å². The highest BCUT2D eigenvalue weighted by Crippen LogP contribution is 2.19. The highest BCUT2D eigenvalue weighted by molar-refractivity contribution is 5.92. The number of methoxy groups -OCH3 is 1. The molecule has 2 aromatic carbocycles. The van der Waals surface area contributed by atoms with E-state index < -0.39 is 23.1 Å². The van der Waals surface area contributed by atoms with E-state index in [2.05, 4.69) is 5.10 Å². The van der Waals surface area contributed by atoms with Crippen LogP contribution in [0.4, 0.5) is 0 Å². The third-order valence-electron chi connectivity index (χ3n) is 6.52. The average molecular weight is 521 g/mol. The van der Waals surface area contributed by atoms with Crippen molar-refractivity contribution >= 4 is 11.9 Å². The fourth-order valence-corrected chi connectivity index (χ4v) is 4.75. The van der Waals surface area contributed by atoms with Crippen molar-refractivity contribution in [3.8, 4) is 11.4 Å². The molecule has 38 heavy (non-hydrogen) atoms. The Labute approximate surface area is 220 Å². The predicted octanol–water partition coefficient (Wildman–Crippen LogP) is 2.48. The molecule has 1 aliphatic heterocycles. The molecule has 3 aromatic rings. The first kappa shape index (κ1) is 26.8. The normalized spacial score (nSPS) is 15.3. The zero-order valence-electron chi connectivity index (χ0n) is 22.1. The highest BCUT2D eigenvalue weighted by atomic mass is 16.5. The van der Waals surface area contributed by atoms with Gasteiger partial charge in [0.2, 0.25) is 5.69 Å². The monoisotopic (exact) mass is 520 g/mol. The number of carbonyl (C=O) groups excluding carboxylic acids is 2. The topological polar surface area (TPSA) is 113 Å². The molecule has 1 fully saturated rings. The molecular formula is C28H32N4O6. The van der Waals surface area contributed by atoms with Crippen LogP contribution in [0.2, 0.25) is 0 Å². The van der Waals surface area contributed by atoms with E-state index >= 15 is 0 Å². The molecule has 0 spiro atoms. The molecule has 10 heteroatoms. The molecule has 1 aliphatic rings. The van der Waals surface area contributed by atoms with Crippen LogP contribution in [-0.2, 0) is 16.1 Å². The summed E-state index contributed by atoms with van der Waals surface area (Å²) in [5, 5.41) is 4.28. The Bertz CT molecular complexity index is 1450. The molecule has 1 aromatic heterocycles. The van der Waals surface area contributed by atoms with Gasteiger partial charge in [-0.15, -0.1) is 0 Å². The first-order valence-corrected chi connectivity index (χ1v) is 12.6. The summed E-state index contributed by atoms with van der Waals surface area (Å²) >= 11 is 0. The number of likely N-dealkylation sites (tertiary alicyclic amines) is 1. The summed E-state index contributed by atoms with van der Waals surface area (Å²) in [6.07, 6.45) is 1.18. The molecule has 0 radical (unpaired) electrons. The van der Waals surface area contributed by atoms with E-state index in [-0.39, 0.29) is 31.4 Å². The third kappa shape index (κ3) is 5.69. The molecule has 1 atom stereocenters. The number of aromatic nitrogens is 3. The largest absolute Gasteiger partial charge is 0.497 e. The van der Waals surface area contributed by atoms with Crippen LogP contribution in [0.25, 0.3) is 5.69 Å². The Balaban J connectivity index is 1.82. The number of carbonyl (C=O) groups is 2. The smallest absolute Gasteiger partial charge is 0.352 e. The number of benzene rings is 2. The van der Waals surface area contributed by atoms with Gasteiger partial charge in [-0.1, -0.05) is 18.2 Å². The molecule has 0 bridgehead atoms. The van der Waals surface area contributed by atoms with Gasteiger partial charge in [-0.2, -0.15) is 9.78 Å². The highest BCUT2D eigenvalue weighted by Gasteiger charge is 2.32. The summed E-state index contributed by atoms with van der Waals surface area (Å²) in [4.78, 5) is 54.6. The first-order valence-electron chi connectivity index (χ1n) is 12.6.